The Kier molecular flexibility index (Phi) is 5.98. The van der Waals surface area contributed by atoms with Gasteiger partial charge in [0.05, 0.1) is 23.0 Å². The molecular weight excluding hydrogens is 430 g/mol. The highest BCUT2D eigenvalue weighted by molar-refractivity contribution is 7.89. The molecule has 0 bridgehead atoms. The topological polar surface area (TPSA) is 120 Å². The van der Waals surface area contributed by atoms with Gasteiger partial charge in [-0.3, -0.25) is 10.1 Å². The van der Waals surface area contributed by atoms with Crippen LogP contribution in [0.3, 0.4) is 0 Å². The van der Waals surface area contributed by atoms with Crippen LogP contribution in [0.5, 0.6) is 0 Å². The largest absolute Gasteiger partial charge is 0.461 e. The number of rotatable bonds is 8. The third-order valence-corrected chi connectivity index (χ3v) is 7.05. The van der Waals surface area contributed by atoms with E-state index in [0.29, 0.717) is 17.8 Å². The Bertz CT molecular complexity index is 1020. The lowest BCUT2D eigenvalue weighted by Crippen LogP contribution is -2.32. The molecule has 0 atom stereocenters. The maximum atomic E-state index is 13.1. The number of benzene rings is 1. The fourth-order valence-corrected chi connectivity index (χ4v) is 5.21. The van der Waals surface area contributed by atoms with E-state index in [1.807, 2.05) is 0 Å². The van der Waals surface area contributed by atoms with Crippen LogP contribution in [0.2, 0.25) is 5.02 Å². The summed E-state index contributed by atoms with van der Waals surface area (Å²) in [6, 6.07) is 3.18. The average molecular weight is 446 g/mol. The van der Waals surface area contributed by atoms with E-state index >= 15 is 0 Å². The van der Waals surface area contributed by atoms with Gasteiger partial charge in [-0.15, -0.1) is 11.3 Å². The molecular formula is C16H16ClN3O6S2. The van der Waals surface area contributed by atoms with Crippen molar-refractivity contribution in [3.05, 3.63) is 49.4 Å². The molecule has 1 aliphatic rings. The molecule has 1 aromatic heterocycles. The maximum absolute atomic E-state index is 13.1. The number of sulfonamides is 1. The Morgan fingerprint density at radius 2 is 2.18 bits per heavy atom. The standard InChI is InChI=1S/C16H16ClN3O6S2/c1-2-26-16(21)13-9-27-15(18-13)8-19(10-3-4-10)28(24,25)11-5-6-12(17)14(7-11)20(22)23/h5-7,9-10H,2-4,8H2,1H3. The van der Waals surface area contributed by atoms with Crippen LogP contribution in [-0.2, 0) is 21.3 Å². The Hall–Kier alpha value is -2.08. The lowest BCUT2D eigenvalue weighted by atomic mass is 10.3. The van der Waals surface area contributed by atoms with Crippen LogP contribution in [0.15, 0.2) is 28.5 Å². The van der Waals surface area contributed by atoms with Crippen molar-refractivity contribution in [1.82, 2.24) is 9.29 Å². The molecule has 28 heavy (non-hydrogen) atoms. The van der Waals surface area contributed by atoms with Crippen LogP contribution in [-0.4, -0.2) is 41.2 Å². The van der Waals surface area contributed by atoms with Crippen molar-refractivity contribution in [3.8, 4) is 0 Å². The summed E-state index contributed by atoms with van der Waals surface area (Å²) in [5.74, 6) is -0.570. The molecule has 150 valence electrons. The predicted octanol–water partition coefficient (Wildman–Crippen LogP) is 3.23. The second-order valence-corrected chi connectivity index (χ2v) is 9.24. The third kappa shape index (κ3) is 4.32. The number of nitrogens with zero attached hydrogens (tertiary/aromatic N) is 3. The fraction of sp³-hybridized carbons (Fsp3) is 0.375. The van der Waals surface area contributed by atoms with E-state index in [1.165, 1.54) is 21.8 Å². The molecule has 1 aliphatic carbocycles. The van der Waals surface area contributed by atoms with Crippen molar-refractivity contribution >= 4 is 44.6 Å². The van der Waals surface area contributed by atoms with E-state index in [4.69, 9.17) is 16.3 Å². The summed E-state index contributed by atoms with van der Waals surface area (Å²) in [5, 5.41) is 12.9. The Morgan fingerprint density at radius 3 is 2.79 bits per heavy atom. The van der Waals surface area contributed by atoms with Gasteiger partial charge in [0.15, 0.2) is 5.69 Å². The summed E-state index contributed by atoms with van der Waals surface area (Å²) in [6.45, 7) is 1.86. The molecule has 1 fully saturated rings. The molecule has 3 rings (SSSR count). The van der Waals surface area contributed by atoms with Crippen LogP contribution in [0.1, 0.15) is 35.3 Å². The van der Waals surface area contributed by atoms with E-state index in [9.17, 15) is 23.3 Å². The number of hydrogen-bond acceptors (Lipinski definition) is 8. The molecule has 2 aromatic rings. The minimum Gasteiger partial charge on any atom is -0.461 e. The van der Waals surface area contributed by atoms with Gasteiger partial charge in [0.2, 0.25) is 10.0 Å². The highest BCUT2D eigenvalue weighted by Gasteiger charge is 2.39. The fourth-order valence-electron chi connectivity index (χ4n) is 2.52. The summed E-state index contributed by atoms with van der Waals surface area (Å²) in [4.78, 5) is 26.1. The van der Waals surface area contributed by atoms with E-state index in [1.54, 1.807) is 6.92 Å². The molecule has 0 saturated heterocycles. The number of hydrogen-bond donors (Lipinski definition) is 0. The van der Waals surface area contributed by atoms with Gasteiger partial charge in [0.1, 0.15) is 10.0 Å². The Balaban J connectivity index is 1.89. The first-order valence-electron chi connectivity index (χ1n) is 8.31. The minimum absolute atomic E-state index is 0.0342. The summed E-state index contributed by atoms with van der Waals surface area (Å²) in [6.07, 6.45) is 1.37. The van der Waals surface area contributed by atoms with Crippen LogP contribution in [0, 0.1) is 10.1 Å². The van der Waals surface area contributed by atoms with Gasteiger partial charge < -0.3 is 4.74 Å². The average Bonchev–Trinajstić information content (AvgIpc) is 3.36. The number of aromatic nitrogens is 1. The van der Waals surface area contributed by atoms with Gasteiger partial charge in [-0.1, -0.05) is 11.6 Å². The highest BCUT2D eigenvalue weighted by atomic mass is 35.5. The van der Waals surface area contributed by atoms with Crippen molar-refractivity contribution in [2.75, 3.05) is 6.61 Å². The van der Waals surface area contributed by atoms with Gasteiger partial charge in [-0.05, 0) is 31.9 Å². The van der Waals surface area contributed by atoms with Gasteiger partial charge in [-0.2, -0.15) is 4.31 Å². The summed E-state index contributed by atoms with van der Waals surface area (Å²) < 4.78 is 32.3. The molecule has 9 nitrogen and oxygen atoms in total. The number of nitro groups is 1. The number of nitro benzene ring substituents is 1. The van der Waals surface area contributed by atoms with Crippen LogP contribution >= 0.6 is 22.9 Å². The molecule has 0 amide bonds. The van der Waals surface area contributed by atoms with Gasteiger partial charge in [0.25, 0.3) is 5.69 Å². The zero-order valence-electron chi connectivity index (χ0n) is 14.7. The molecule has 0 radical (unpaired) electrons. The molecule has 0 unspecified atom stereocenters. The maximum Gasteiger partial charge on any atom is 0.357 e. The summed E-state index contributed by atoms with van der Waals surface area (Å²) >= 11 is 6.93. The zero-order valence-corrected chi connectivity index (χ0v) is 17.1. The van der Waals surface area contributed by atoms with Gasteiger partial charge in [0, 0.05) is 17.5 Å². The smallest absolute Gasteiger partial charge is 0.357 e. The van der Waals surface area contributed by atoms with Crippen LogP contribution in [0.25, 0.3) is 0 Å². The quantitative estimate of drug-likeness (QED) is 0.347. The number of carbonyl (C=O) groups is 1. The third-order valence-electron chi connectivity index (χ3n) is 4.00. The van der Waals surface area contributed by atoms with Crippen molar-refractivity contribution in [2.45, 2.75) is 37.2 Å². The number of esters is 1. The normalized spacial score (nSPS) is 14.2. The van der Waals surface area contributed by atoms with Crippen molar-refractivity contribution in [3.63, 3.8) is 0 Å². The van der Waals surface area contributed by atoms with Crippen molar-refractivity contribution in [1.29, 1.82) is 0 Å². The zero-order chi connectivity index (χ0) is 20.5. The molecule has 0 spiro atoms. The molecule has 12 heteroatoms. The summed E-state index contributed by atoms with van der Waals surface area (Å²) in [7, 11) is -4.01. The number of thiazole rings is 1. The predicted molar refractivity (Wildman–Crippen MR) is 102 cm³/mol. The lowest BCUT2D eigenvalue weighted by molar-refractivity contribution is -0.384. The van der Waals surface area contributed by atoms with E-state index in [-0.39, 0.29) is 34.8 Å². The Morgan fingerprint density at radius 1 is 1.46 bits per heavy atom. The first-order valence-corrected chi connectivity index (χ1v) is 11.0. The monoisotopic (exact) mass is 445 g/mol. The van der Waals surface area contributed by atoms with Crippen molar-refractivity contribution in [2.24, 2.45) is 0 Å². The second-order valence-electron chi connectivity index (χ2n) is 6.00. The summed E-state index contributed by atoms with van der Waals surface area (Å²) in [5.41, 5.74) is -0.352. The van der Waals surface area contributed by atoms with Crippen LogP contribution in [0.4, 0.5) is 5.69 Å². The minimum atomic E-state index is -4.01. The number of halogens is 1. The number of carbonyl (C=O) groups excluding carboxylic acids is 1. The van der Waals surface area contributed by atoms with Gasteiger partial charge in [-0.25, -0.2) is 18.2 Å². The first-order chi connectivity index (χ1) is 13.2. The first kappa shape index (κ1) is 20.6. The molecule has 1 aromatic carbocycles. The SMILES string of the molecule is CCOC(=O)c1csc(CN(C2CC2)S(=O)(=O)c2ccc(Cl)c([N+](=O)[O-])c2)n1. The van der Waals surface area contributed by atoms with E-state index in [0.717, 1.165) is 17.4 Å². The molecule has 1 heterocycles. The second kappa shape index (κ2) is 8.11. The molecule has 1 saturated carbocycles. The molecule has 0 aliphatic heterocycles. The van der Waals surface area contributed by atoms with Gasteiger partial charge >= 0.3 is 5.97 Å². The highest BCUT2D eigenvalue weighted by Crippen LogP contribution is 2.36. The Labute approximate surface area is 170 Å². The van der Waals surface area contributed by atoms with E-state index < -0.39 is 26.6 Å². The van der Waals surface area contributed by atoms with Crippen LogP contribution < -0.4 is 0 Å². The molecule has 0 N–H and O–H groups in total. The number of ether oxygens (including phenoxy) is 1. The lowest BCUT2D eigenvalue weighted by Gasteiger charge is -2.20. The van der Waals surface area contributed by atoms with E-state index in [2.05, 4.69) is 4.98 Å². The van der Waals surface area contributed by atoms with Crippen molar-refractivity contribution < 1.29 is 22.9 Å².